The fraction of sp³-hybridized carbons (Fsp3) is 0.375. The van der Waals surface area contributed by atoms with Crippen molar-refractivity contribution in [3.05, 3.63) is 35.3 Å². The molecule has 3 rings (SSSR count). The van der Waals surface area contributed by atoms with Gasteiger partial charge in [0.05, 0.1) is 7.11 Å². The van der Waals surface area contributed by atoms with Crippen molar-refractivity contribution < 1.29 is 13.9 Å². The van der Waals surface area contributed by atoms with Crippen molar-refractivity contribution in [2.75, 3.05) is 7.11 Å². The summed E-state index contributed by atoms with van der Waals surface area (Å²) >= 11 is 0. The number of allylic oxidation sites excluding steroid dienone is 1. The van der Waals surface area contributed by atoms with E-state index < -0.39 is 5.97 Å². The molecular formula is C16H16N4O3. The van der Waals surface area contributed by atoms with E-state index in [9.17, 15) is 10.1 Å². The third-order valence-corrected chi connectivity index (χ3v) is 3.77. The Labute approximate surface area is 133 Å². The fourth-order valence-corrected chi connectivity index (χ4v) is 2.61. The largest absolute Gasteiger partial charge is 0.463 e. The van der Waals surface area contributed by atoms with Crippen LogP contribution in [0, 0.1) is 11.3 Å². The van der Waals surface area contributed by atoms with E-state index in [-0.39, 0.29) is 5.76 Å². The third-order valence-electron chi connectivity index (χ3n) is 3.77. The number of hydrogen-bond donors (Lipinski definition) is 0. The molecule has 1 aliphatic rings. The molecule has 0 aromatic carbocycles. The molecule has 0 fully saturated rings. The van der Waals surface area contributed by atoms with Crippen LogP contribution < -0.4 is 0 Å². The highest BCUT2D eigenvalue weighted by molar-refractivity contribution is 5.89. The molecule has 0 N–H and O–H groups in total. The second kappa shape index (κ2) is 6.48. The molecule has 7 heteroatoms. The quantitative estimate of drug-likeness (QED) is 0.638. The Balaban J connectivity index is 1.94. The fourth-order valence-electron chi connectivity index (χ4n) is 2.61. The van der Waals surface area contributed by atoms with Crippen molar-refractivity contribution in [3.8, 4) is 6.07 Å². The lowest BCUT2D eigenvalue weighted by Crippen LogP contribution is -2.05. The highest BCUT2D eigenvalue weighted by Gasteiger charge is 2.18. The van der Waals surface area contributed by atoms with Crippen LogP contribution in [0.2, 0.25) is 0 Å². The molecule has 0 unspecified atom stereocenters. The summed E-state index contributed by atoms with van der Waals surface area (Å²) in [7, 11) is 1.28. The average Bonchev–Trinajstić information content (AvgIpc) is 3.13. The minimum Gasteiger partial charge on any atom is -0.463 e. The van der Waals surface area contributed by atoms with Gasteiger partial charge >= 0.3 is 5.97 Å². The number of carbonyl (C=O) groups excluding carboxylic acids is 1. The minimum absolute atomic E-state index is 0.0936. The Morgan fingerprint density at radius 2 is 2.26 bits per heavy atom. The maximum absolute atomic E-state index is 11.4. The zero-order chi connectivity index (χ0) is 16.2. The van der Waals surface area contributed by atoms with Crippen LogP contribution in [0.25, 0.3) is 11.6 Å². The Hall–Kier alpha value is -2.88. The number of furan rings is 1. The summed E-state index contributed by atoms with van der Waals surface area (Å²) < 4.78 is 12.0. The second-order valence-corrected chi connectivity index (χ2v) is 5.27. The molecule has 118 valence electrons. The van der Waals surface area contributed by atoms with Crippen LogP contribution >= 0.6 is 0 Å². The van der Waals surface area contributed by atoms with Gasteiger partial charge in [0, 0.05) is 19.0 Å². The van der Waals surface area contributed by atoms with E-state index >= 15 is 0 Å². The summed E-state index contributed by atoms with van der Waals surface area (Å²) in [4.78, 5) is 11.4. The first-order chi connectivity index (χ1) is 11.2. The molecule has 3 heterocycles. The maximum atomic E-state index is 11.4. The number of hydrogen-bond acceptors (Lipinski definition) is 6. The van der Waals surface area contributed by atoms with Crippen LogP contribution in [0.15, 0.2) is 16.5 Å². The maximum Gasteiger partial charge on any atom is 0.373 e. The van der Waals surface area contributed by atoms with E-state index in [0.29, 0.717) is 17.2 Å². The van der Waals surface area contributed by atoms with E-state index in [1.807, 2.05) is 4.57 Å². The molecule has 0 saturated carbocycles. The zero-order valence-electron chi connectivity index (χ0n) is 12.8. The molecule has 23 heavy (non-hydrogen) atoms. The van der Waals surface area contributed by atoms with Gasteiger partial charge in [-0.15, -0.1) is 10.2 Å². The minimum atomic E-state index is -0.556. The lowest BCUT2D eigenvalue weighted by Gasteiger charge is -2.05. The summed E-state index contributed by atoms with van der Waals surface area (Å²) in [5, 5.41) is 17.8. The summed E-state index contributed by atoms with van der Waals surface area (Å²) in [5.74, 6) is 1.39. The molecular weight excluding hydrogens is 296 g/mol. The van der Waals surface area contributed by atoms with Crippen molar-refractivity contribution in [1.82, 2.24) is 14.8 Å². The SMILES string of the molecule is COC(=O)c1ccc(/C=C(/C#N)c2nnc3n2CCCCC3)o1. The first-order valence-electron chi connectivity index (χ1n) is 7.45. The number of carbonyl (C=O) groups is 1. The van der Waals surface area contributed by atoms with Crippen LogP contribution in [0.4, 0.5) is 0 Å². The van der Waals surface area contributed by atoms with Crippen LogP contribution in [0.3, 0.4) is 0 Å². The van der Waals surface area contributed by atoms with Gasteiger partial charge in [-0.05, 0) is 25.0 Å². The van der Waals surface area contributed by atoms with Gasteiger partial charge in [0.15, 0.2) is 5.82 Å². The van der Waals surface area contributed by atoms with Gasteiger partial charge in [-0.25, -0.2) is 4.79 Å². The van der Waals surface area contributed by atoms with Gasteiger partial charge in [0.2, 0.25) is 5.76 Å². The van der Waals surface area contributed by atoms with Gasteiger partial charge in [0.1, 0.15) is 23.2 Å². The summed E-state index contributed by atoms with van der Waals surface area (Å²) in [6.07, 6.45) is 5.72. The number of nitrogens with zero attached hydrogens (tertiary/aromatic N) is 4. The second-order valence-electron chi connectivity index (χ2n) is 5.27. The van der Waals surface area contributed by atoms with E-state index in [2.05, 4.69) is 21.0 Å². The van der Waals surface area contributed by atoms with Gasteiger partial charge in [-0.2, -0.15) is 5.26 Å². The Kier molecular flexibility index (Phi) is 4.24. The van der Waals surface area contributed by atoms with E-state index in [4.69, 9.17) is 4.42 Å². The highest BCUT2D eigenvalue weighted by Crippen LogP contribution is 2.22. The van der Waals surface area contributed by atoms with E-state index in [1.54, 1.807) is 12.1 Å². The highest BCUT2D eigenvalue weighted by atomic mass is 16.5. The number of aromatic nitrogens is 3. The summed E-state index contributed by atoms with van der Waals surface area (Å²) in [5.41, 5.74) is 0.358. The molecule has 0 amide bonds. The number of aryl methyl sites for hydroxylation is 1. The van der Waals surface area contributed by atoms with Crippen molar-refractivity contribution >= 4 is 17.6 Å². The average molecular weight is 312 g/mol. The molecule has 0 atom stereocenters. The molecule has 0 bridgehead atoms. The Bertz CT molecular complexity index is 795. The van der Waals surface area contributed by atoms with Crippen LogP contribution in [0.5, 0.6) is 0 Å². The van der Waals surface area contributed by atoms with Crippen molar-refractivity contribution in [2.24, 2.45) is 0 Å². The van der Waals surface area contributed by atoms with Crippen molar-refractivity contribution in [2.45, 2.75) is 32.2 Å². The number of methoxy groups -OCH3 is 1. The predicted molar refractivity (Wildman–Crippen MR) is 81.1 cm³/mol. The van der Waals surface area contributed by atoms with Crippen molar-refractivity contribution in [1.29, 1.82) is 5.26 Å². The van der Waals surface area contributed by atoms with Gasteiger partial charge in [-0.3, -0.25) is 0 Å². The smallest absolute Gasteiger partial charge is 0.373 e. The predicted octanol–water partition coefficient (Wildman–Crippen LogP) is 2.45. The molecule has 0 aliphatic carbocycles. The van der Waals surface area contributed by atoms with Crippen LogP contribution in [-0.2, 0) is 17.7 Å². The standard InChI is InChI=1S/C16H16N4O3/c1-22-16(21)13-7-6-12(23-13)9-11(10-17)15-19-18-14-5-3-2-4-8-20(14)15/h6-7,9H,2-5,8H2,1H3/b11-9-. The molecule has 0 spiro atoms. The number of fused-ring (bicyclic) bond motifs is 1. The zero-order valence-corrected chi connectivity index (χ0v) is 12.8. The number of nitriles is 1. The Morgan fingerprint density at radius 3 is 3.04 bits per heavy atom. The van der Waals surface area contributed by atoms with Gasteiger partial charge in [0.25, 0.3) is 0 Å². The summed E-state index contributed by atoms with van der Waals surface area (Å²) in [6.45, 7) is 0.808. The Morgan fingerprint density at radius 1 is 1.39 bits per heavy atom. The molecule has 2 aromatic heterocycles. The van der Waals surface area contributed by atoms with E-state index in [0.717, 1.165) is 38.1 Å². The lowest BCUT2D eigenvalue weighted by atomic mass is 10.2. The van der Waals surface area contributed by atoms with Gasteiger partial charge in [-0.1, -0.05) is 6.42 Å². The number of esters is 1. The first-order valence-corrected chi connectivity index (χ1v) is 7.45. The number of ether oxygens (including phenoxy) is 1. The van der Waals surface area contributed by atoms with Crippen LogP contribution in [-0.4, -0.2) is 27.8 Å². The van der Waals surface area contributed by atoms with Crippen molar-refractivity contribution in [3.63, 3.8) is 0 Å². The normalized spacial score (nSPS) is 14.7. The van der Waals surface area contributed by atoms with Gasteiger partial charge < -0.3 is 13.7 Å². The molecule has 0 radical (unpaired) electrons. The first kappa shape index (κ1) is 15.0. The topological polar surface area (TPSA) is 93.9 Å². The molecule has 2 aromatic rings. The molecule has 1 aliphatic heterocycles. The molecule has 0 saturated heterocycles. The van der Waals surface area contributed by atoms with E-state index in [1.165, 1.54) is 13.2 Å². The molecule has 7 nitrogen and oxygen atoms in total. The van der Waals surface area contributed by atoms with Crippen LogP contribution in [0.1, 0.15) is 47.2 Å². The summed E-state index contributed by atoms with van der Waals surface area (Å²) in [6, 6.07) is 5.26. The lowest BCUT2D eigenvalue weighted by molar-refractivity contribution is 0.0564. The monoisotopic (exact) mass is 312 g/mol. The number of rotatable bonds is 3. The third kappa shape index (κ3) is 3.01.